The van der Waals surface area contributed by atoms with Crippen molar-refractivity contribution >= 4 is 17.3 Å². The third kappa shape index (κ3) is 4.25. The van der Waals surface area contributed by atoms with Gasteiger partial charge in [-0.15, -0.1) is 0 Å². The number of rotatable bonds is 5. The van der Waals surface area contributed by atoms with E-state index in [-0.39, 0.29) is 5.91 Å². The van der Waals surface area contributed by atoms with Crippen molar-refractivity contribution in [3.63, 3.8) is 0 Å². The molecule has 1 aliphatic heterocycles. The van der Waals surface area contributed by atoms with Crippen LogP contribution in [0.15, 0.2) is 60.9 Å². The van der Waals surface area contributed by atoms with E-state index in [1.807, 2.05) is 49.5 Å². The number of carbonyl (C=O) groups excluding carboxylic acids is 1. The Bertz CT molecular complexity index is 922. The van der Waals surface area contributed by atoms with Gasteiger partial charge in [0.1, 0.15) is 5.82 Å². The highest BCUT2D eigenvalue weighted by atomic mass is 16.1. The molecule has 0 radical (unpaired) electrons. The van der Waals surface area contributed by atoms with Gasteiger partial charge in [0, 0.05) is 49.0 Å². The number of carbonyl (C=O) groups is 1. The molecule has 4 rings (SSSR count). The third-order valence-electron chi connectivity index (χ3n) is 5.34. The predicted molar refractivity (Wildman–Crippen MR) is 113 cm³/mol. The number of hydrogen-bond donors (Lipinski definition) is 1. The highest BCUT2D eigenvalue weighted by Gasteiger charge is 2.11. The van der Waals surface area contributed by atoms with Crippen molar-refractivity contribution in [2.24, 2.45) is 0 Å². The molecule has 1 aliphatic rings. The first-order chi connectivity index (χ1) is 13.7. The van der Waals surface area contributed by atoms with E-state index < -0.39 is 0 Å². The van der Waals surface area contributed by atoms with Crippen LogP contribution in [0.4, 0.5) is 11.4 Å². The van der Waals surface area contributed by atoms with Gasteiger partial charge in [0.05, 0.1) is 0 Å². The number of benzene rings is 2. The Morgan fingerprint density at radius 3 is 2.36 bits per heavy atom. The van der Waals surface area contributed by atoms with Crippen LogP contribution in [0.2, 0.25) is 0 Å². The number of nitrogens with one attached hydrogen (secondary N) is 1. The lowest BCUT2D eigenvalue weighted by atomic mass is 10.1. The molecule has 2 heterocycles. The molecule has 28 heavy (non-hydrogen) atoms. The molecule has 5 heteroatoms. The van der Waals surface area contributed by atoms with Crippen LogP contribution in [0.5, 0.6) is 0 Å². The predicted octanol–water partition coefficient (Wildman–Crippen LogP) is 4.48. The average Bonchev–Trinajstić information content (AvgIpc) is 3.14. The Morgan fingerprint density at radius 2 is 1.71 bits per heavy atom. The van der Waals surface area contributed by atoms with Gasteiger partial charge in [-0.1, -0.05) is 12.1 Å². The molecule has 144 valence electrons. The summed E-state index contributed by atoms with van der Waals surface area (Å²) in [6.07, 6.45) is 7.60. The molecular weight excluding hydrogens is 348 g/mol. The zero-order chi connectivity index (χ0) is 19.3. The molecule has 2 aromatic carbocycles. The van der Waals surface area contributed by atoms with Crippen LogP contribution >= 0.6 is 0 Å². The molecule has 0 aliphatic carbocycles. The van der Waals surface area contributed by atoms with Crippen molar-refractivity contribution in [2.45, 2.75) is 32.7 Å². The maximum atomic E-state index is 12.5. The lowest BCUT2D eigenvalue weighted by molar-refractivity contribution is 0.102. The Kier molecular flexibility index (Phi) is 5.42. The summed E-state index contributed by atoms with van der Waals surface area (Å²) in [4.78, 5) is 19.2. The molecule has 0 bridgehead atoms. The first-order valence-corrected chi connectivity index (χ1v) is 9.92. The zero-order valence-electron chi connectivity index (χ0n) is 16.3. The maximum absolute atomic E-state index is 12.5. The molecular formula is C23H26N4O. The first-order valence-electron chi connectivity index (χ1n) is 9.92. The standard InChI is InChI=1S/C23H26N4O/c1-18-24-13-16-27(18)17-19-5-7-20(8-6-19)23(28)25-21-9-11-22(12-10-21)26-14-3-2-4-15-26/h5-13,16H,2-4,14-15,17H2,1H3,(H,25,28). The van der Waals surface area contributed by atoms with Crippen molar-refractivity contribution in [3.8, 4) is 0 Å². The SMILES string of the molecule is Cc1nccn1Cc1ccc(C(=O)Nc2ccc(N3CCCCC3)cc2)cc1. The number of imidazole rings is 1. The molecule has 3 aromatic rings. The molecule has 0 spiro atoms. The van der Waals surface area contributed by atoms with E-state index in [9.17, 15) is 4.79 Å². The molecule has 1 aromatic heterocycles. The number of aromatic nitrogens is 2. The van der Waals surface area contributed by atoms with E-state index in [0.717, 1.165) is 36.7 Å². The Labute approximate surface area is 166 Å². The number of amides is 1. The first kappa shape index (κ1) is 18.3. The zero-order valence-corrected chi connectivity index (χ0v) is 16.3. The van der Waals surface area contributed by atoms with Gasteiger partial charge < -0.3 is 14.8 Å². The van der Waals surface area contributed by atoms with E-state index in [4.69, 9.17) is 0 Å². The van der Waals surface area contributed by atoms with Gasteiger partial charge >= 0.3 is 0 Å². The molecule has 1 amide bonds. The summed E-state index contributed by atoms with van der Waals surface area (Å²) in [5.74, 6) is 0.894. The maximum Gasteiger partial charge on any atom is 0.255 e. The Morgan fingerprint density at radius 1 is 1.00 bits per heavy atom. The molecule has 1 saturated heterocycles. The van der Waals surface area contributed by atoms with Gasteiger partial charge in [-0.3, -0.25) is 4.79 Å². The van der Waals surface area contributed by atoms with Crippen molar-refractivity contribution in [1.82, 2.24) is 9.55 Å². The quantitative estimate of drug-likeness (QED) is 0.716. The van der Waals surface area contributed by atoms with Crippen molar-refractivity contribution in [2.75, 3.05) is 23.3 Å². The summed E-state index contributed by atoms with van der Waals surface area (Å²) in [6.45, 7) is 4.98. The summed E-state index contributed by atoms with van der Waals surface area (Å²) >= 11 is 0. The van der Waals surface area contributed by atoms with E-state index >= 15 is 0 Å². The fourth-order valence-corrected chi connectivity index (χ4v) is 3.64. The summed E-state index contributed by atoms with van der Waals surface area (Å²) in [7, 11) is 0. The number of hydrogen-bond acceptors (Lipinski definition) is 3. The Balaban J connectivity index is 1.37. The van der Waals surface area contributed by atoms with Gasteiger partial charge in [-0.05, 0) is 68.1 Å². The lowest BCUT2D eigenvalue weighted by Crippen LogP contribution is -2.29. The van der Waals surface area contributed by atoms with Crippen LogP contribution in [-0.2, 0) is 6.54 Å². The summed E-state index contributed by atoms with van der Waals surface area (Å²) in [6, 6.07) is 15.9. The topological polar surface area (TPSA) is 50.2 Å². The van der Waals surface area contributed by atoms with Crippen molar-refractivity contribution in [3.05, 3.63) is 77.9 Å². The van der Waals surface area contributed by atoms with Gasteiger partial charge in [0.25, 0.3) is 5.91 Å². The minimum absolute atomic E-state index is 0.0870. The second-order valence-electron chi connectivity index (χ2n) is 7.35. The van der Waals surface area contributed by atoms with E-state index in [2.05, 4.69) is 31.9 Å². The van der Waals surface area contributed by atoms with Gasteiger partial charge in [0.2, 0.25) is 0 Å². The second-order valence-corrected chi connectivity index (χ2v) is 7.35. The Hall–Kier alpha value is -3.08. The van der Waals surface area contributed by atoms with E-state index in [0.29, 0.717) is 5.56 Å². The van der Waals surface area contributed by atoms with Crippen molar-refractivity contribution in [1.29, 1.82) is 0 Å². The normalized spacial score (nSPS) is 14.1. The number of nitrogens with zero attached hydrogens (tertiary/aromatic N) is 3. The van der Waals surface area contributed by atoms with E-state index in [1.54, 1.807) is 6.20 Å². The fraction of sp³-hybridized carbons (Fsp3) is 0.304. The number of aryl methyl sites for hydroxylation is 1. The average molecular weight is 374 g/mol. The number of anilines is 2. The molecule has 0 atom stereocenters. The summed E-state index contributed by atoms with van der Waals surface area (Å²) in [5, 5.41) is 2.99. The summed E-state index contributed by atoms with van der Waals surface area (Å²) < 4.78 is 2.08. The fourth-order valence-electron chi connectivity index (χ4n) is 3.64. The second kappa shape index (κ2) is 8.30. The van der Waals surface area contributed by atoms with Gasteiger partial charge in [-0.25, -0.2) is 4.98 Å². The van der Waals surface area contributed by atoms with Crippen LogP contribution < -0.4 is 10.2 Å². The third-order valence-corrected chi connectivity index (χ3v) is 5.34. The van der Waals surface area contributed by atoms with Crippen LogP contribution in [-0.4, -0.2) is 28.5 Å². The summed E-state index contributed by atoms with van der Waals surface area (Å²) in [5.41, 5.74) is 3.86. The largest absolute Gasteiger partial charge is 0.372 e. The minimum atomic E-state index is -0.0870. The smallest absolute Gasteiger partial charge is 0.255 e. The van der Waals surface area contributed by atoms with Crippen molar-refractivity contribution < 1.29 is 4.79 Å². The highest BCUT2D eigenvalue weighted by Crippen LogP contribution is 2.22. The number of piperidine rings is 1. The minimum Gasteiger partial charge on any atom is -0.372 e. The molecule has 1 fully saturated rings. The lowest BCUT2D eigenvalue weighted by Gasteiger charge is -2.28. The molecule has 0 unspecified atom stereocenters. The van der Waals surface area contributed by atoms with Crippen LogP contribution in [0, 0.1) is 6.92 Å². The van der Waals surface area contributed by atoms with Gasteiger partial charge in [-0.2, -0.15) is 0 Å². The molecule has 1 N–H and O–H groups in total. The molecule has 0 saturated carbocycles. The van der Waals surface area contributed by atoms with Crippen LogP contribution in [0.1, 0.15) is 41.0 Å². The van der Waals surface area contributed by atoms with Crippen LogP contribution in [0.25, 0.3) is 0 Å². The van der Waals surface area contributed by atoms with Crippen LogP contribution in [0.3, 0.4) is 0 Å². The monoisotopic (exact) mass is 374 g/mol. The molecule has 5 nitrogen and oxygen atoms in total. The highest BCUT2D eigenvalue weighted by molar-refractivity contribution is 6.04. The van der Waals surface area contributed by atoms with Gasteiger partial charge in [0.15, 0.2) is 0 Å². The van der Waals surface area contributed by atoms with E-state index in [1.165, 1.54) is 24.9 Å².